The van der Waals surface area contributed by atoms with Gasteiger partial charge in [0.1, 0.15) is 11.7 Å². The minimum Gasteiger partial charge on any atom is -0.453 e. The van der Waals surface area contributed by atoms with Crippen LogP contribution in [0.2, 0.25) is 0 Å². The number of ether oxygens (including phenoxy) is 1. The summed E-state index contributed by atoms with van der Waals surface area (Å²) in [5.74, 6) is -1.32. The maximum absolute atomic E-state index is 13.4. The summed E-state index contributed by atoms with van der Waals surface area (Å²) in [5.41, 5.74) is 2.55. The molecule has 1 aliphatic carbocycles. The summed E-state index contributed by atoms with van der Waals surface area (Å²) in [7, 11) is 0. The van der Waals surface area contributed by atoms with Gasteiger partial charge in [-0.25, -0.2) is 4.79 Å². The molecular formula is C26H24N2O6. The van der Waals surface area contributed by atoms with Gasteiger partial charge in [0, 0.05) is 23.6 Å². The molecule has 2 aromatic carbocycles. The lowest BCUT2D eigenvalue weighted by molar-refractivity contribution is -0.119. The van der Waals surface area contributed by atoms with Crippen molar-refractivity contribution in [3.8, 4) is 0 Å². The zero-order chi connectivity index (χ0) is 23.8. The molecule has 0 radical (unpaired) electrons. The summed E-state index contributed by atoms with van der Waals surface area (Å²) in [4.78, 5) is 51.6. The van der Waals surface area contributed by atoms with E-state index in [0.717, 1.165) is 10.9 Å². The van der Waals surface area contributed by atoms with Crippen LogP contribution in [-0.4, -0.2) is 42.8 Å². The van der Waals surface area contributed by atoms with E-state index in [9.17, 15) is 19.2 Å². The third-order valence-electron chi connectivity index (χ3n) is 6.36. The molecule has 1 fully saturated rings. The Morgan fingerprint density at radius 1 is 1.12 bits per heavy atom. The smallest absolute Gasteiger partial charge is 0.414 e. The van der Waals surface area contributed by atoms with Crippen molar-refractivity contribution in [2.24, 2.45) is 5.92 Å². The van der Waals surface area contributed by atoms with E-state index in [0.29, 0.717) is 42.6 Å². The largest absolute Gasteiger partial charge is 0.453 e. The third-order valence-corrected chi connectivity index (χ3v) is 6.36. The van der Waals surface area contributed by atoms with E-state index in [1.165, 1.54) is 11.8 Å². The van der Waals surface area contributed by atoms with Crippen molar-refractivity contribution < 1.29 is 28.3 Å². The van der Waals surface area contributed by atoms with Gasteiger partial charge in [-0.1, -0.05) is 18.2 Å². The number of cyclic esters (lactones) is 1. The van der Waals surface area contributed by atoms with Gasteiger partial charge in [0.05, 0.1) is 19.0 Å². The molecular weight excluding hydrogens is 436 g/mol. The van der Waals surface area contributed by atoms with E-state index in [1.54, 1.807) is 24.3 Å². The molecule has 0 spiro atoms. The maximum atomic E-state index is 13.4. The highest BCUT2D eigenvalue weighted by Crippen LogP contribution is 2.32. The van der Waals surface area contributed by atoms with Gasteiger partial charge >= 0.3 is 6.09 Å². The van der Waals surface area contributed by atoms with E-state index < -0.39 is 18.1 Å². The fourth-order valence-corrected chi connectivity index (χ4v) is 4.63. The number of ketones is 2. The van der Waals surface area contributed by atoms with Crippen molar-refractivity contribution >= 4 is 40.2 Å². The zero-order valence-corrected chi connectivity index (χ0v) is 18.7. The molecule has 1 unspecified atom stereocenters. The molecule has 8 nitrogen and oxygen atoms in total. The van der Waals surface area contributed by atoms with E-state index in [2.05, 4.69) is 5.32 Å². The summed E-state index contributed by atoms with van der Waals surface area (Å²) in [6.45, 7) is 1.95. The van der Waals surface area contributed by atoms with Crippen LogP contribution in [0.15, 0.2) is 52.9 Å². The van der Waals surface area contributed by atoms with E-state index >= 15 is 0 Å². The predicted molar refractivity (Wildman–Crippen MR) is 124 cm³/mol. The molecule has 1 saturated heterocycles. The Morgan fingerprint density at radius 2 is 1.94 bits per heavy atom. The average molecular weight is 460 g/mol. The number of aryl methyl sites for hydroxylation is 1. The number of amides is 2. The minimum atomic E-state index is -0.800. The number of carbonyl (C=O) groups is 4. The molecule has 8 heteroatoms. The van der Waals surface area contributed by atoms with Crippen LogP contribution in [0.1, 0.15) is 46.2 Å². The highest BCUT2D eigenvalue weighted by Gasteiger charge is 2.36. The Hall–Kier alpha value is -3.94. The van der Waals surface area contributed by atoms with Crippen molar-refractivity contribution in [1.29, 1.82) is 0 Å². The first-order valence-electron chi connectivity index (χ1n) is 11.3. The van der Waals surface area contributed by atoms with Crippen molar-refractivity contribution in [3.63, 3.8) is 0 Å². The topological polar surface area (TPSA) is 106 Å². The number of Topliss-reactive ketones (excluding diaryl/α,β-unsaturated/α-hetero) is 2. The normalized spacial score (nSPS) is 20.1. The van der Waals surface area contributed by atoms with E-state index in [1.807, 2.05) is 24.3 Å². The summed E-state index contributed by atoms with van der Waals surface area (Å²) >= 11 is 0. The number of benzene rings is 2. The van der Waals surface area contributed by atoms with Crippen molar-refractivity contribution in [2.75, 3.05) is 18.0 Å². The maximum Gasteiger partial charge on any atom is 0.414 e. The second-order valence-corrected chi connectivity index (χ2v) is 8.72. The SMILES string of the molecule is CC(=O)NC[C@H]1CN(c2ccc3c(c2)CCCC(C(=O)c2cc4ccccc4o2)C3=O)C(=O)O1. The third kappa shape index (κ3) is 4.07. The number of fused-ring (bicyclic) bond motifs is 2. The van der Waals surface area contributed by atoms with Gasteiger partial charge in [0.15, 0.2) is 11.5 Å². The lowest BCUT2D eigenvalue weighted by Gasteiger charge is -2.16. The molecule has 2 heterocycles. The Kier molecular flexibility index (Phi) is 5.65. The summed E-state index contributed by atoms with van der Waals surface area (Å²) in [5, 5.41) is 3.48. The molecule has 1 N–H and O–H groups in total. The standard InChI is InChI=1S/C26H24N2O6/c1-15(29)27-13-19-14-28(26(32)33-19)18-9-10-20-16(11-18)6-4-7-21(24(20)30)25(31)23-12-17-5-2-3-8-22(17)34-23/h2-3,5,8-12,19,21H,4,6-7,13-14H2,1H3,(H,27,29)/t19-,21?/m0/s1. The van der Waals surface area contributed by atoms with Crippen LogP contribution >= 0.6 is 0 Å². The van der Waals surface area contributed by atoms with Crippen molar-refractivity contribution in [3.05, 3.63) is 65.4 Å². The number of anilines is 1. The molecule has 5 rings (SSSR count). The Labute approximate surface area is 195 Å². The quantitative estimate of drug-likeness (QED) is 0.352. The second kappa shape index (κ2) is 8.78. The van der Waals surface area contributed by atoms with E-state index in [4.69, 9.17) is 9.15 Å². The number of hydrogen-bond acceptors (Lipinski definition) is 6. The lowest BCUT2D eigenvalue weighted by Crippen LogP contribution is -2.33. The van der Waals surface area contributed by atoms with Crippen LogP contribution in [-0.2, 0) is 16.0 Å². The number of nitrogens with zero attached hydrogens (tertiary/aromatic N) is 1. The Bertz CT molecular complexity index is 1280. The molecule has 2 atom stereocenters. The van der Waals surface area contributed by atoms with Crippen LogP contribution in [0, 0.1) is 5.92 Å². The number of rotatable bonds is 5. The Morgan fingerprint density at radius 3 is 2.74 bits per heavy atom. The van der Waals surface area contributed by atoms with Crippen molar-refractivity contribution in [1.82, 2.24) is 5.32 Å². The number of nitrogens with one attached hydrogen (secondary N) is 1. The molecule has 34 heavy (non-hydrogen) atoms. The van der Waals surface area contributed by atoms with Gasteiger partial charge in [-0.2, -0.15) is 0 Å². The molecule has 1 aromatic heterocycles. The minimum absolute atomic E-state index is 0.190. The molecule has 2 amide bonds. The molecule has 1 aliphatic heterocycles. The van der Waals surface area contributed by atoms with Crippen LogP contribution < -0.4 is 10.2 Å². The van der Waals surface area contributed by atoms with Crippen LogP contribution in [0.3, 0.4) is 0 Å². The van der Waals surface area contributed by atoms with Gasteiger partial charge in [-0.05, 0) is 55.2 Å². The number of carbonyl (C=O) groups excluding carboxylic acids is 4. The van der Waals surface area contributed by atoms with Gasteiger partial charge in [-0.15, -0.1) is 0 Å². The summed E-state index contributed by atoms with van der Waals surface area (Å²) < 4.78 is 11.1. The van der Waals surface area contributed by atoms with Crippen LogP contribution in [0.5, 0.6) is 0 Å². The number of hydrogen-bond donors (Lipinski definition) is 1. The Balaban J connectivity index is 1.36. The van der Waals surface area contributed by atoms with Gasteiger partial charge in [0.25, 0.3) is 0 Å². The molecule has 3 aromatic rings. The van der Waals surface area contributed by atoms with Crippen LogP contribution in [0.25, 0.3) is 11.0 Å². The van der Waals surface area contributed by atoms with Gasteiger partial charge in [0.2, 0.25) is 11.7 Å². The molecule has 0 bridgehead atoms. The first-order chi connectivity index (χ1) is 16.4. The molecule has 174 valence electrons. The fraction of sp³-hybridized carbons (Fsp3) is 0.308. The summed E-state index contributed by atoms with van der Waals surface area (Å²) in [6, 6.07) is 14.3. The fourth-order valence-electron chi connectivity index (χ4n) is 4.63. The zero-order valence-electron chi connectivity index (χ0n) is 18.7. The van der Waals surface area contributed by atoms with Gasteiger partial charge in [-0.3, -0.25) is 19.3 Å². The average Bonchev–Trinajstić information content (AvgIpc) is 3.38. The summed E-state index contributed by atoms with van der Waals surface area (Å²) in [6.07, 6.45) is 0.783. The monoisotopic (exact) mass is 460 g/mol. The molecule has 0 saturated carbocycles. The van der Waals surface area contributed by atoms with E-state index in [-0.39, 0.29) is 29.8 Å². The van der Waals surface area contributed by atoms with Gasteiger partial charge < -0.3 is 14.5 Å². The number of para-hydroxylation sites is 1. The van der Waals surface area contributed by atoms with Crippen molar-refractivity contribution in [2.45, 2.75) is 32.3 Å². The first-order valence-corrected chi connectivity index (χ1v) is 11.3. The highest BCUT2D eigenvalue weighted by molar-refractivity contribution is 6.16. The predicted octanol–water partition coefficient (Wildman–Crippen LogP) is 3.91. The lowest BCUT2D eigenvalue weighted by atomic mass is 9.90. The first kappa shape index (κ1) is 21.9. The van der Waals surface area contributed by atoms with Crippen LogP contribution in [0.4, 0.5) is 10.5 Å². The number of furan rings is 1. The second-order valence-electron chi connectivity index (χ2n) is 8.72. The highest BCUT2D eigenvalue weighted by atomic mass is 16.6. The molecule has 2 aliphatic rings.